The van der Waals surface area contributed by atoms with Crippen LogP contribution >= 0.6 is 0 Å². The number of benzene rings is 1. The van der Waals surface area contributed by atoms with Crippen LogP contribution in [0.2, 0.25) is 0 Å². The van der Waals surface area contributed by atoms with Gasteiger partial charge in [-0.3, -0.25) is 4.79 Å². The molecule has 0 aliphatic heterocycles. The lowest BCUT2D eigenvalue weighted by atomic mass is 10.2. The Morgan fingerprint density at radius 2 is 2.21 bits per heavy atom. The first-order valence-corrected chi connectivity index (χ1v) is 4.33. The maximum absolute atomic E-state index is 11.6. The van der Waals surface area contributed by atoms with E-state index in [1.165, 1.54) is 0 Å². The van der Waals surface area contributed by atoms with Crippen LogP contribution in [0.5, 0.6) is 0 Å². The second kappa shape index (κ2) is 3.14. The zero-order valence-electron chi connectivity index (χ0n) is 8.11. The van der Waals surface area contributed by atoms with Crippen LogP contribution in [0.1, 0.15) is 10.4 Å². The summed E-state index contributed by atoms with van der Waals surface area (Å²) in [7, 11) is 3.47. The van der Waals surface area contributed by atoms with E-state index in [9.17, 15) is 4.79 Å². The maximum atomic E-state index is 11.6. The summed E-state index contributed by atoms with van der Waals surface area (Å²) in [6, 6.07) is 5.43. The molecular formula is C10H11N3O. The van der Waals surface area contributed by atoms with Crippen LogP contribution in [0, 0.1) is 0 Å². The van der Waals surface area contributed by atoms with E-state index in [0.717, 1.165) is 11.0 Å². The number of aromatic nitrogens is 2. The highest BCUT2D eigenvalue weighted by molar-refractivity contribution is 5.96. The Morgan fingerprint density at radius 1 is 1.43 bits per heavy atom. The van der Waals surface area contributed by atoms with E-state index in [4.69, 9.17) is 0 Å². The van der Waals surface area contributed by atoms with Gasteiger partial charge in [-0.1, -0.05) is 0 Å². The van der Waals surface area contributed by atoms with Crippen molar-refractivity contribution in [2.24, 2.45) is 0 Å². The number of carbonyl (C=O) groups excluding carboxylic acids is 1. The SMILES string of the molecule is CN(C)C(=O)c1ccc2nc[nH]c2c1. The van der Waals surface area contributed by atoms with Gasteiger partial charge < -0.3 is 9.88 Å². The van der Waals surface area contributed by atoms with Crippen molar-refractivity contribution in [2.75, 3.05) is 14.1 Å². The van der Waals surface area contributed by atoms with Crippen LogP contribution in [0.3, 0.4) is 0 Å². The van der Waals surface area contributed by atoms with Gasteiger partial charge in [0.2, 0.25) is 0 Å². The predicted molar refractivity (Wildman–Crippen MR) is 54.1 cm³/mol. The number of nitrogens with zero attached hydrogens (tertiary/aromatic N) is 2. The molecule has 0 spiro atoms. The molecule has 0 fully saturated rings. The summed E-state index contributed by atoms with van der Waals surface area (Å²) >= 11 is 0. The van der Waals surface area contributed by atoms with Crippen molar-refractivity contribution in [2.45, 2.75) is 0 Å². The van der Waals surface area contributed by atoms with Crippen LogP contribution < -0.4 is 0 Å². The molecule has 14 heavy (non-hydrogen) atoms. The summed E-state index contributed by atoms with van der Waals surface area (Å²) in [6.45, 7) is 0. The van der Waals surface area contributed by atoms with E-state index in [-0.39, 0.29) is 5.91 Å². The Kier molecular flexibility index (Phi) is 1.96. The first-order chi connectivity index (χ1) is 6.68. The van der Waals surface area contributed by atoms with Crippen LogP contribution in [-0.2, 0) is 0 Å². The molecule has 0 aliphatic rings. The maximum Gasteiger partial charge on any atom is 0.253 e. The van der Waals surface area contributed by atoms with Crippen LogP contribution in [0.15, 0.2) is 24.5 Å². The summed E-state index contributed by atoms with van der Waals surface area (Å²) in [4.78, 5) is 20.2. The van der Waals surface area contributed by atoms with Gasteiger partial charge in [0.15, 0.2) is 0 Å². The second-order valence-electron chi connectivity index (χ2n) is 3.33. The summed E-state index contributed by atoms with van der Waals surface area (Å²) in [6.07, 6.45) is 1.62. The standard InChI is InChI=1S/C10H11N3O/c1-13(2)10(14)7-3-4-8-9(5-7)12-6-11-8/h3-6H,1-2H3,(H,11,12). The number of imidazole rings is 1. The Hall–Kier alpha value is -1.84. The second-order valence-corrected chi connectivity index (χ2v) is 3.33. The average Bonchev–Trinajstić information content (AvgIpc) is 2.62. The van der Waals surface area contributed by atoms with E-state index in [0.29, 0.717) is 5.56 Å². The third-order valence-corrected chi connectivity index (χ3v) is 2.07. The van der Waals surface area contributed by atoms with E-state index >= 15 is 0 Å². The molecule has 0 unspecified atom stereocenters. The fraction of sp³-hybridized carbons (Fsp3) is 0.200. The van der Waals surface area contributed by atoms with Crippen LogP contribution in [0.25, 0.3) is 11.0 Å². The molecule has 2 aromatic rings. The van der Waals surface area contributed by atoms with Gasteiger partial charge in [-0.15, -0.1) is 0 Å². The van der Waals surface area contributed by atoms with Gasteiger partial charge in [0, 0.05) is 19.7 Å². The summed E-state index contributed by atoms with van der Waals surface area (Å²) in [5, 5.41) is 0. The molecule has 1 aromatic heterocycles. The van der Waals surface area contributed by atoms with Crippen molar-refractivity contribution in [1.29, 1.82) is 0 Å². The van der Waals surface area contributed by atoms with Gasteiger partial charge in [-0.2, -0.15) is 0 Å². The number of hydrogen-bond donors (Lipinski definition) is 1. The molecule has 0 saturated heterocycles. The molecule has 4 heteroatoms. The monoisotopic (exact) mass is 189 g/mol. The summed E-state index contributed by atoms with van der Waals surface area (Å²) < 4.78 is 0. The number of fused-ring (bicyclic) bond motifs is 1. The molecule has 1 N–H and O–H groups in total. The van der Waals surface area contributed by atoms with Gasteiger partial charge in [0.1, 0.15) is 0 Å². The number of hydrogen-bond acceptors (Lipinski definition) is 2. The number of amides is 1. The third kappa shape index (κ3) is 1.35. The number of aromatic amines is 1. The van der Waals surface area contributed by atoms with E-state index in [1.807, 2.05) is 12.1 Å². The lowest BCUT2D eigenvalue weighted by molar-refractivity contribution is 0.0828. The molecule has 1 heterocycles. The van der Waals surface area contributed by atoms with E-state index in [1.54, 1.807) is 31.4 Å². The topological polar surface area (TPSA) is 49.0 Å². The summed E-state index contributed by atoms with van der Waals surface area (Å²) in [5.41, 5.74) is 2.43. The van der Waals surface area contributed by atoms with Gasteiger partial charge in [-0.25, -0.2) is 4.98 Å². The van der Waals surface area contributed by atoms with Crippen molar-refractivity contribution >= 4 is 16.9 Å². The Morgan fingerprint density at radius 3 is 2.93 bits per heavy atom. The zero-order chi connectivity index (χ0) is 10.1. The summed E-state index contributed by atoms with van der Waals surface area (Å²) in [5.74, 6) is 0.00139. The Bertz CT molecular complexity index is 473. The largest absolute Gasteiger partial charge is 0.345 e. The molecule has 72 valence electrons. The quantitative estimate of drug-likeness (QED) is 0.734. The molecule has 0 bridgehead atoms. The van der Waals surface area contributed by atoms with Crippen LogP contribution in [-0.4, -0.2) is 34.9 Å². The number of nitrogens with one attached hydrogen (secondary N) is 1. The van der Waals surface area contributed by atoms with Gasteiger partial charge in [0.05, 0.1) is 17.4 Å². The fourth-order valence-corrected chi connectivity index (χ4v) is 1.33. The molecule has 0 atom stereocenters. The third-order valence-electron chi connectivity index (χ3n) is 2.07. The molecule has 2 rings (SSSR count). The number of H-pyrrole nitrogens is 1. The van der Waals surface area contributed by atoms with Crippen molar-refractivity contribution in [3.63, 3.8) is 0 Å². The highest BCUT2D eigenvalue weighted by Gasteiger charge is 2.08. The smallest absolute Gasteiger partial charge is 0.253 e. The normalized spacial score (nSPS) is 10.4. The van der Waals surface area contributed by atoms with Gasteiger partial charge in [-0.05, 0) is 18.2 Å². The van der Waals surface area contributed by atoms with Gasteiger partial charge >= 0.3 is 0 Å². The van der Waals surface area contributed by atoms with Crippen molar-refractivity contribution < 1.29 is 4.79 Å². The van der Waals surface area contributed by atoms with Gasteiger partial charge in [0.25, 0.3) is 5.91 Å². The minimum Gasteiger partial charge on any atom is -0.345 e. The molecule has 0 radical (unpaired) electrons. The predicted octanol–water partition coefficient (Wildman–Crippen LogP) is 1.26. The van der Waals surface area contributed by atoms with E-state index in [2.05, 4.69) is 9.97 Å². The highest BCUT2D eigenvalue weighted by Crippen LogP contribution is 2.12. The molecule has 0 aliphatic carbocycles. The lowest BCUT2D eigenvalue weighted by Crippen LogP contribution is -2.21. The van der Waals surface area contributed by atoms with Crippen molar-refractivity contribution in [1.82, 2.24) is 14.9 Å². The van der Waals surface area contributed by atoms with E-state index < -0.39 is 0 Å². The molecule has 1 amide bonds. The first-order valence-electron chi connectivity index (χ1n) is 4.33. The van der Waals surface area contributed by atoms with Crippen LogP contribution in [0.4, 0.5) is 0 Å². The van der Waals surface area contributed by atoms with Crippen molar-refractivity contribution in [3.8, 4) is 0 Å². The molecule has 0 saturated carbocycles. The Labute approximate surface area is 81.6 Å². The highest BCUT2D eigenvalue weighted by atomic mass is 16.2. The first kappa shape index (κ1) is 8.74. The van der Waals surface area contributed by atoms with Crippen molar-refractivity contribution in [3.05, 3.63) is 30.1 Å². The lowest BCUT2D eigenvalue weighted by Gasteiger charge is -2.09. The zero-order valence-corrected chi connectivity index (χ0v) is 8.11. The molecular weight excluding hydrogens is 178 g/mol. The Balaban J connectivity index is 2.48. The number of rotatable bonds is 1. The molecule has 4 nitrogen and oxygen atoms in total. The minimum atomic E-state index is 0.00139. The average molecular weight is 189 g/mol. The molecule has 1 aromatic carbocycles. The fourth-order valence-electron chi connectivity index (χ4n) is 1.33. The number of carbonyl (C=O) groups is 1. The minimum absolute atomic E-state index is 0.00139.